The zero-order chi connectivity index (χ0) is 23.5. The predicted molar refractivity (Wildman–Crippen MR) is 127 cm³/mol. The molecule has 4 aromatic rings. The van der Waals surface area contributed by atoms with Crippen LogP contribution < -0.4 is 10.2 Å². The molecule has 178 valence electrons. The zero-order valence-electron chi connectivity index (χ0n) is 19.5. The smallest absolute Gasteiger partial charge is 0.414 e. The summed E-state index contributed by atoms with van der Waals surface area (Å²) >= 11 is 0. The van der Waals surface area contributed by atoms with Crippen LogP contribution in [0.5, 0.6) is 0 Å². The molecule has 0 bridgehead atoms. The summed E-state index contributed by atoms with van der Waals surface area (Å²) in [6, 6.07) is 7.97. The van der Waals surface area contributed by atoms with E-state index in [0.29, 0.717) is 6.54 Å². The fourth-order valence-electron chi connectivity index (χ4n) is 4.68. The number of carbonyl (C=O) groups excluding carboxylic acids is 1. The Labute approximate surface area is 197 Å². The molecule has 0 spiro atoms. The first-order chi connectivity index (χ1) is 16.7. The molecule has 34 heavy (non-hydrogen) atoms. The maximum Gasteiger partial charge on any atom is 0.414 e. The Morgan fingerprint density at radius 3 is 2.94 bits per heavy atom. The normalized spacial score (nSPS) is 15.6. The van der Waals surface area contributed by atoms with E-state index in [4.69, 9.17) is 14.2 Å². The number of rotatable bonds is 8. The molecular formula is C24H29N7O3. The van der Waals surface area contributed by atoms with Crippen LogP contribution in [0.3, 0.4) is 0 Å². The largest absolute Gasteiger partial charge is 0.452 e. The van der Waals surface area contributed by atoms with Gasteiger partial charge in [0.25, 0.3) is 0 Å². The third kappa shape index (κ3) is 4.28. The minimum Gasteiger partial charge on any atom is -0.452 e. The summed E-state index contributed by atoms with van der Waals surface area (Å²) in [6.07, 6.45) is 7.57. The first-order valence-electron chi connectivity index (χ1n) is 11.6. The molecule has 1 amide bonds. The summed E-state index contributed by atoms with van der Waals surface area (Å²) in [5.74, 6) is 1.81. The summed E-state index contributed by atoms with van der Waals surface area (Å²) in [4.78, 5) is 19.3. The van der Waals surface area contributed by atoms with Gasteiger partial charge in [-0.15, -0.1) is 0 Å². The summed E-state index contributed by atoms with van der Waals surface area (Å²) in [6.45, 7) is 4.93. The maximum absolute atomic E-state index is 12.5. The van der Waals surface area contributed by atoms with Crippen LogP contribution in [0.4, 0.5) is 10.5 Å². The molecule has 0 aliphatic carbocycles. The molecule has 1 N–H and O–H groups in total. The van der Waals surface area contributed by atoms with Crippen molar-refractivity contribution in [1.29, 1.82) is 0 Å². The molecule has 0 saturated carbocycles. The zero-order valence-corrected chi connectivity index (χ0v) is 19.5. The van der Waals surface area contributed by atoms with Crippen LogP contribution in [0.15, 0.2) is 47.4 Å². The van der Waals surface area contributed by atoms with Crippen molar-refractivity contribution in [3.8, 4) is 0 Å². The van der Waals surface area contributed by atoms with Crippen LogP contribution in [-0.2, 0) is 37.2 Å². The van der Waals surface area contributed by atoms with E-state index >= 15 is 0 Å². The Balaban J connectivity index is 1.46. The van der Waals surface area contributed by atoms with Gasteiger partial charge in [0, 0.05) is 56.1 Å². The van der Waals surface area contributed by atoms with Crippen molar-refractivity contribution in [2.45, 2.75) is 51.9 Å². The fraction of sp³-hybridized carbons (Fsp3) is 0.417. The molecule has 0 radical (unpaired) electrons. The number of nitrogens with one attached hydrogen (secondary N) is 1. The van der Waals surface area contributed by atoms with Crippen LogP contribution in [0.2, 0.25) is 0 Å². The number of benzene rings is 1. The van der Waals surface area contributed by atoms with Gasteiger partial charge in [-0.3, -0.25) is 9.58 Å². The number of hydrogen-bond donors (Lipinski definition) is 1. The number of anilines is 1. The molecule has 3 aromatic heterocycles. The van der Waals surface area contributed by atoms with Gasteiger partial charge in [-0.05, 0) is 38.0 Å². The number of aromatic nitrogens is 5. The van der Waals surface area contributed by atoms with Crippen molar-refractivity contribution in [2.24, 2.45) is 0 Å². The fourth-order valence-corrected chi connectivity index (χ4v) is 4.68. The average Bonchev–Trinajstić information content (AvgIpc) is 3.61. The predicted octanol–water partition coefficient (Wildman–Crippen LogP) is 3.16. The first kappa shape index (κ1) is 22.1. The summed E-state index contributed by atoms with van der Waals surface area (Å²) in [7, 11) is 1.43. The molecule has 0 unspecified atom stereocenters. The molecule has 10 nitrogen and oxygen atoms in total. The number of aryl methyl sites for hydroxylation is 3. The number of ether oxygens (including phenoxy) is 1. The molecule has 10 heteroatoms. The highest BCUT2D eigenvalue weighted by Gasteiger charge is 2.31. The van der Waals surface area contributed by atoms with Gasteiger partial charge in [0.1, 0.15) is 11.6 Å². The van der Waals surface area contributed by atoms with Gasteiger partial charge < -0.3 is 19.1 Å². The van der Waals surface area contributed by atoms with Crippen molar-refractivity contribution in [2.75, 3.05) is 18.6 Å². The summed E-state index contributed by atoms with van der Waals surface area (Å²) < 4.78 is 14.4. The molecule has 0 saturated heterocycles. The average molecular weight is 464 g/mol. The molecule has 0 fully saturated rings. The van der Waals surface area contributed by atoms with E-state index in [9.17, 15) is 4.79 Å². The number of carbonyl (C=O) groups is 1. The molecule has 5 rings (SSSR count). The molecule has 1 aromatic carbocycles. The van der Waals surface area contributed by atoms with Crippen molar-refractivity contribution < 1.29 is 14.1 Å². The second-order valence-corrected chi connectivity index (χ2v) is 8.51. The Hall–Kier alpha value is -3.66. The number of methoxy groups -OCH3 is 1. The second kappa shape index (κ2) is 9.68. The third-order valence-corrected chi connectivity index (χ3v) is 6.39. The van der Waals surface area contributed by atoms with Gasteiger partial charge in [-0.1, -0.05) is 5.16 Å². The van der Waals surface area contributed by atoms with Crippen LogP contribution in [0.25, 0.3) is 11.0 Å². The summed E-state index contributed by atoms with van der Waals surface area (Å²) in [5.41, 5.74) is 4.04. The Morgan fingerprint density at radius 1 is 1.26 bits per heavy atom. The quantitative estimate of drug-likeness (QED) is 0.400. The van der Waals surface area contributed by atoms with E-state index in [2.05, 4.69) is 33.1 Å². The number of hydrogen-bond acceptors (Lipinski definition) is 7. The molecular weight excluding hydrogens is 434 g/mol. The van der Waals surface area contributed by atoms with Crippen molar-refractivity contribution in [3.05, 3.63) is 60.0 Å². The monoisotopic (exact) mass is 463 g/mol. The lowest BCUT2D eigenvalue weighted by Crippen LogP contribution is -2.42. The second-order valence-electron chi connectivity index (χ2n) is 8.51. The number of nitrogens with zero attached hydrogens (tertiary/aromatic N) is 6. The van der Waals surface area contributed by atoms with Crippen molar-refractivity contribution in [1.82, 2.24) is 29.8 Å². The van der Waals surface area contributed by atoms with Crippen LogP contribution >= 0.6 is 0 Å². The minimum absolute atomic E-state index is 0.0825. The van der Waals surface area contributed by atoms with E-state index in [-0.39, 0.29) is 12.1 Å². The van der Waals surface area contributed by atoms with Crippen molar-refractivity contribution >= 4 is 22.8 Å². The van der Waals surface area contributed by atoms with Crippen LogP contribution in [0.1, 0.15) is 30.5 Å². The summed E-state index contributed by atoms with van der Waals surface area (Å²) in [5, 5.41) is 11.5. The SMILES string of the molecule is COC(=O)N1c2ccc3c(nc(CCn4cccn4)n3CCNCc3ccno3)c2CC[C@@H]1C. The molecule has 1 aliphatic rings. The Morgan fingerprint density at radius 2 is 2.18 bits per heavy atom. The first-order valence-corrected chi connectivity index (χ1v) is 11.6. The van der Waals surface area contributed by atoms with Crippen LogP contribution in [-0.4, -0.2) is 50.3 Å². The lowest BCUT2D eigenvalue weighted by molar-refractivity contribution is 0.175. The number of amides is 1. The number of imidazole rings is 1. The van der Waals surface area contributed by atoms with Crippen molar-refractivity contribution in [3.63, 3.8) is 0 Å². The van der Waals surface area contributed by atoms with E-state index in [1.165, 1.54) is 7.11 Å². The molecule has 1 aliphatic heterocycles. The number of fused-ring (bicyclic) bond motifs is 3. The highest BCUT2D eigenvalue weighted by Crippen LogP contribution is 2.36. The van der Waals surface area contributed by atoms with Gasteiger partial charge >= 0.3 is 6.09 Å². The molecule has 4 heterocycles. The van der Waals surface area contributed by atoms with Gasteiger partial charge in [0.2, 0.25) is 0 Å². The van der Waals surface area contributed by atoms with Gasteiger partial charge in [-0.25, -0.2) is 9.78 Å². The molecule has 1 atom stereocenters. The maximum atomic E-state index is 12.5. The topological polar surface area (TPSA) is 103 Å². The van der Waals surface area contributed by atoms with Gasteiger partial charge in [0.05, 0.1) is 36.6 Å². The van der Waals surface area contributed by atoms with Gasteiger partial charge in [0.15, 0.2) is 0 Å². The minimum atomic E-state index is -0.331. The Bertz CT molecular complexity index is 1250. The van der Waals surface area contributed by atoms with Gasteiger partial charge in [-0.2, -0.15) is 5.10 Å². The highest BCUT2D eigenvalue weighted by atomic mass is 16.5. The standard InChI is InChI=1S/C24H29N7O3/c1-17-4-5-19-20(31(17)24(32)33-2)6-7-21-23(19)28-22(9-14-29-13-3-10-26-29)30(21)15-12-25-16-18-8-11-27-34-18/h3,6-8,10-11,13,17,25H,4-5,9,12,14-16H2,1-2H3/t17-/m0/s1. The highest BCUT2D eigenvalue weighted by molar-refractivity contribution is 5.95. The van der Waals surface area contributed by atoms with E-state index < -0.39 is 0 Å². The Kier molecular flexibility index (Phi) is 6.31. The van der Waals surface area contributed by atoms with E-state index in [0.717, 1.165) is 72.8 Å². The van der Waals surface area contributed by atoms with Crippen LogP contribution in [0, 0.1) is 0 Å². The lowest BCUT2D eigenvalue weighted by Gasteiger charge is -2.34. The third-order valence-electron chi connectivity index (χ3n) is 6.39. The lowest BCUT2D eigenvalue weighted by atomic mass is 9.96. The van der Waals surface area contributed by atoms with E-state index in [1.807, 2.05) is 29.1 Å². The van der Waals surface area contributed by atoms with E-state index in [1.54, 1.807) is 17.3 Å².